The summed E-state index contributed by atoms with van der Waals surface area (Å²) in [6.45, 7) is 4.33. The molecule has 1 fully saturated rings. The zero-order chi connectivity index (χ0) is 13.4. The molecule has 3 heteroatoms. The summed E-state index contributed by atoms with van der Waals surface area (Å²) in [6.07, 6.45) is 4.10. The van der Waals surface area contributed by atoms with E-state index >= 15 is 0 Å². The van der Waals surface area contributed by atoms with Crippen molar-refractivity contribution >= 4 is 11.7 Å². The lowest BCUT2D eigenvalue weighted by molar-refractivity contribution is -0.137. The average Bonchev–Trinajstić information content (AvgIpc) is 3.09. The number of aliphatic carboxylic acids is 1. The highest BCUT2D eigenvalue weighted by atomic mass is 16.4. The van der Waals surface area contributed by atoms with Gasteiger partial charge in [-0.2, -0.15) is 0 Å². The Bertz CT molecular complexity index is 494. The van der Waals surface area contributed by atoms with Gasteiger partial charge in [0.05, 0.1) is 6.42 Å². The van der Waals surface area contributed by atoms with Gasteiger partial charge in [-0.05, 0) is 48.3 Å². The number of carboxylic acid groups (broad SMARTS) is 1. The van der Waals surface area contributed by atoms with Gasteiger partial charge < -0.3 is 10.0 Å². The zero-order valence-corrected chi connectivity index (χ0v) is 11.4. The average molecular weight is 259 g/mol. The SMILES string of the molecule is CC(CC(=O)O)c1ccc2c(c1)CCN2CC1CC1. The summed E-state index contributed by atoms with van der Waals surface area (Å²) in [7, 11) is 0. The molecule has 0 amide bonds. The van der Waals surface area contributed by atoms with Crippen molar-refractivity contribution in [2.45, 2.75) is 38.5 Å². The molecule has 0 aromatic heterocycles. The molecule has 3 rings (SSSR count). The fourth-order valence-corrected chi connectivity index (χ4v) is 2.98. The third-order valence-corrected chi connectivity index (χ3v) is 4.32. The van der Waals surface area contributed by atoms with Gasteiger partial charge in [0.1, 0.15) is 0 Å². The van der Waals surface area contributed by atoms with Gasteiger partial charge in [0.25, 0.3) is 0 Å². The largest absolute Gasteiger partial charge is 0.481 e. The van der Waals surface area contributed by atoms with Crippen LogP contribution < -0.4 is 4.90 Å². The molecule has 2 aliphatic rings. The van der Waals surface area contributed by atoms with E-state index in [9.17, 15) is 4.79 Å². The van der Waals surface area contributed by atoms with Gasteiger partial charge >= 0.3 is 5.97 Å². The lowest BCUT2D eigenvalue weighted by Gasteiger charge is -2.19. The summed E-state index contributed by atoms with van der Waals surface area (Å²) in [5.74, 6) is 0.292. The van der Waals surface area contributed by atoms with Crippen molar-refractivity contribution in [2.75, 3.05) is 18.0 Å². The second kappa shape index (κ2) is 4.87. The van der Waals surface area contributed by atoms with Gasteiger partial charge in [-0.3, -0.25) is 4.79 Å². The van der Waals surface area contributed by atoms with E-state index in [-0.39, 0.29) is 12.3 Å². The number of hydrogen-bond donors (Lipinski definition) is 1. The maximum absolute atomic E-state index is 10.8. The number of rotatable bonds is 5. The molecule has 102 valence electrons. The van der Waals surface area contributed by atoms with Gasteiger partial charge in [-0.15, -0.1) is 0 Å². The Balaban J connectivity index is 1.75. The minimum atomic E-state index is -0.719. The monoisotopic (exact) mass is 259 g/mol. The van der Waals surface area contributed by atoms with Crippen molar-refractivity contribution in [1.82, 2.24) is 0 Å². The first-order valence-corrected chi connectivity index (χ1v) is 7.23. The molecule has 0 bridgehead atoms. The quantitative estimate of drug-likeness (QED) is 0.883. The Kier molecular flexibility index (Phi) is 3.21. The highest BCUT2D eigenvalue weighted by Crippen LogP contribution is 2.36. The summed E-state index contributed by atoms with van der Waals surface area (Å²) >= 11 is 0. The van der Waals surface area contributed by atoms with Crippen molar-refractivity contribution in [3.8, 4) is 0 Å². The van der Waals surface area contributed by atoms with Gasteiger partial charge in [0, 0.05) is 18.8 Å². The van der Waals surface area contributed by atoms with Crippen LogP contribution in [-0.4, -0.2) is 24.2 Å². The number of nitrogens with zero attached hydrogens (tertiary/aromatic N) is 1. The van der Waals surface area contributed by atoms with Crippen molar-refractivity contribution < 1.29 is 9.90 Å². The van der Waals surface area contributed by atoms with Gasteiger partial charge in [0.2, 0.25) is 0 Å². The van der Waals surface area contributed by atoms with Crippen LogP contribution in [-0.2, 0) is 11.2 Å². The molecule has 1 unspecified atom stereocenters. The maximum atomic E-state index is 10.8. The molecule has 1 aromatic carbocycles. The highest BCUT2D eigenvalue weighted by molar-refractivity contribution is 5.68. The molecule has 0 spiro atoms. The lowest BCUT2D eigenvalue weighted by Crippen LogP contribution is -2.22. The van der Waals surface area contributed by atoms with Crippen molar-refractivity contribution in [3.05, 3.63) is 29.3 Å². The van der Waals surface area contributed by atoms with Crippen LogP contribution in [0.2, 0.25) is 0 Å². The topological polar surface area (TPSA) is 40.5 Å². The number of fused-ring (bicyclic) bond motifs is 1. The lowest BCUT2D eigenvalue weighted by atomic mass is 9.95. The highest BCUT2D eigenvalue weighted by Gasteiger charge is 2.28. The molecule has 3 nitrogen and oxygen atoms in total. The predicted molar refractivity (Wildman–Crippen MR) is 75.8 cm³/mol. The van der Waals surface area contributed by atoms with Crippen molar-refractivity contribution in [1.29, 1.82) is 0 Å². The summed E-state index contributed by atoms with van der Waals surface area (Å²) < 4.78 is 0. The molecule has 1 aromatic rings. The van der Waals surface area contributed by atoms with E-state index in [4.69, 9.17) is 5.11 Å². The Morgan fingerprint density at radius 2 is 2.26 bits per heavy atom. The summed E-state index contributed by atoms with van der Waals surface area (Å²) in [6, 6.07) is 6.52. The molecule has 1 atom stereocenters. The number of carboxylic acids is 1. The van der Waals surface area contributed by atoms with Crippen LogP contribution in [0.15, 0.2) is 18.2 Å². The van der Waals surface area contributed by atoms with Crippen molar-refractivity contribution in [2.24, 2.45) is 5.92 Å². The molecular formula is C16H21NO2. The Hall–Kier alpha value is -1.51. The van der Waals surface area contributed by atoms with Gasteiger partial charge in [-0.25, -0.2) is 0 Å². The first-order chi connectivity index (χ1) is 9.13. The Labute approximate surface area is 114 Å². The van der Waals surface area contributed by atoms with Gasteiger partial charge in [-0.1, -0.05) is 19.1 Å². The van der Waals surface area contributed by atoms with Gasteiger partial charge in [0.15, 0.2) is 0 Å². The molecule has 0 radical (unpaired) electrons. The maximum Gasteiger partial charge on any atom is 0.303 e. The second-order valence-corrected chi connectivity index (χ2v) is 6.03. The molecule has 19 heavy (non-hydrogen) atoms. The summed E-state index contributed by atoms with van der Waals surface area (Å²) in [5.41, 5.74) is 3.93. The number of carbonyl (C=O) groups is 1. The predicted octanol–water partition coefficient (Wildman–Crippen LogP) is 3.04. The standard InChI is InChI=1S/C16H21NO2/c1-11(8-16(18)19)13-4-5-15-14(9-13)6-7-17(15)10-12-2-3-12/h4-5,9,11-12H,2-3,6-8,10H2,1H3,(H,18,19). The number of benzene rings is 1. The van der Waals surface area contributed by atoms with E-state index < -0.39 is 5.97 Å². The van der Waals surface area contributed by atoms with Crippen LogP contribution in [0.25, 0.3) is 0 Å². The van der Waals surface area contributed by atoms with Crippen LogP contribution in [0, 0.1) is 5.92 Å². The van der Waals surface area contributed by atoms with E-state index in [0.29, 0.717) is 0 Å². The van der Waals surface area contributed by atoms with Crippen LogP contribution in [0.5, 0.6) is 0 Å². The van der Waals surface area contributed by atoms with E-state index in [2.05, 4.69) is 23.1 Å². The zero-order valence-electron chi connectivity index (χ0n) is 11.4. The van der Waals surface area contributed by atoms with Crippen LogP contribution in [0.4, 0.5) is 5.69 Å². The van der Waals surface area contributed by atoms with Crippen LogP contribution >= 0.6 is 0 Å². The normalized spacial score (nSPS) is 19.3. The number of anilines is 1. The summed E-state index contributed by atoms with van der Waals surface area (Å²) in [5, 5.41) is 8.88. The Morgan fingerprint density at radius 1 is 1.47 bits per heavy atom. The first-order valence-electron chi connectivity index (χ1n) is 7.23. The smallest absolute Gasteiger partial charge is 0.303 e. The third-order valence-electron chi connectivity index (χ3n) is 4.32. The fourth-order valence-electron chi connectivity index (χ4n) is 2.98. The van der Waals surface area contributed by atoms with Crippen molar-refractivity contribution in [3.63, 3.8) is 0 Å². The minimum Gasteiger partial charge on any atom is -0.481 e. The molecule has 1 aliphatic heterocycles. The molecule has 1 heterocycles. The molecular weight excluding hydrogens is 238 g/mol. The van der Waals surface area contributed by atoms with E-state index in [1.807, 2.05) is 6.92 Å². The summed E-state index contributed by atoms with van der Waals surface area (Å²) in [4.78, 5) is 13.3. The number of hydrogen-bond acceptors (Lipinski definition) is 2. The molecule has 1 aliphatic carbocycles. The van der Waals surface area contributed by atoms with E-state index in [0.717, 1.165) is 24.4 Å². The van der Waals surface area contributed by atoms with E-state index in [1.165, 1.54) is 30.6 Å². The Morgan fingerprint density at radius 3 is 2.95 bits per heavy atom. The van der Waals surface area contributed by atoms with Crippen LogP contribution in [0.1, 0.15) is 43.2 Å². The molecule has 1 saturated carbocycles. The third kappa shape index (κ3) is 2.75. The van der Waals surface area contributed by atoms with E-state index in [1.54, 1.807) is 0 Å². The first kappa shape index (κ1) is 12.5. The molecule has 0 saturated heterocycles. The minimum absolute atomic E-state index is 0.0975. The fraction of sp³-hybridized carbons (Fsp3) is 0.562. The molecule has 1 N–H and O–H groups in total. The van der Waals surface area contributed by atoms with Crippen LogP contribution in [0.3, 0.4) is 0 Å². The second-order valence-electron chi connectivity index (χ2n) is 6.03.